The van der Waals surface area contributed by atoms with Crippen LogP contribution in [0.15, 0.2) is 23.1 Å². The Morgan fingerprint density at radius 1 is 1.17 bits per heavy atom. The number of carbonyl (C=O) groups excluding carboxylic acids is 3. The molecule has 1 aromatic carbocycles. The molecule has 3 aliphatic rings. The molecule has 3 aliphatic heterocycles. The fourth-order valence-corrected chi connectivity index (χ4v) is 4.26. The minimum atomic E-state index is -0.542. The van der Waals surface area contributed by atoms with Crippen LogP contribution in [0.25, 0.3) is 0 Å². The number of hydrogen-bond donors (Lipinski definition) is 2. The van der Waals surface area contributed by atoms with Gasteiger partial charge in [0.2, 0.25) is 11.8 Å². The second-order valence-electron chi connectivity index (χ2n) is 6.12. The largest absolute Gasteiger partial charge is 0.322 e. The van der Waals surface area contributed by atoms with Crippen molar-refractivity contribution < 1.29 is 14.4 Å². The Kier molecular flexibility index (Phi) is 3.61. The average molecular weight is 331 g/mol. The number of fused-ring (bicyclic) bond motifs is 1. The highest BCUT2D eigenvalue weighted by Gasteiger charge is 2.39. The van der Waals surface area contributed by atoms with E-state index < -0.39 is 6.04 Å². The maximum absolute atomic E-state index is 12.7. The first-order valence-corrected chi connectivity index (χ1v) is 8.65. The normalized spacial score (nSPS) is 24.4. The van der Waals surface area contributed by atoms with Gasteiger partial charge in [0.15, 0.2) is 0 Å². The van der Waals surface area contributed by atoms with Crippen molar-refractivity contribution >= 4 is 29.5 Å². The molecule has 1 aromatic rings. The van der Waals surface area contributed by atoms with Gasteiger partial charge in [-0.2, -0.15) is 0 Å². The predicted molar refractivity (Wildman–Crippen MR) is 85.0 cm³/mol. The molecule has 2 saturated heterocycles. The molecule has 0 aliphatic carbocycles. The summed E-state index contributed by atoms with van der Waals surface area (Å²) in [5.74, 6) is -0.732. The summed E-state index contributed by atoms with van der Waals surface area (Å²) in [4.78, 5) is 38.6. The number of imide groups is 1. The molecule has 3 amide bonds. The van der Waals surface area contributed by atoms with Gasteiger partial charge in [-0.15, -0.1) is 11.8 Å². The Balaban J connectivity index is 1.53. The van der Waals surface area contributed by atoms with E-state index in [1.165, 1.54) is 0 Å². The number of thioether (sulfide) groups is 1. The number of benzene rings is 1. The third kappa shape index (κ3) is 2.64. The molecular weight excluding hydrogens is 314 g/mol. The molecule has 1 atom stereocenters. The van der Waals surface area contributed by atoms with Crippen LogP contribution in [0, 0.1) is 0 Å². The van der Waals surface area contributed by atoms with Crippen molar-refractivity contribution in [2.24, 2.45) is 0 Å². The van der Waals surface area contributed by atoms with E-state index in [1.54, 1.807) is 16.7 Å². The number of piperidine rings is 1. The number of rotatable bonds is 3. The van der Waals surface area contributed by atoms with E-state index >= 15 is 0 Å². The molecule has 3 heterocycles. The molecule has 7 heteroatoms. The summed E-state index contributed by atoms with van der Waals surface area (Å²) in [6, 6.07) is 5.42. The van der Waals surface area contributed by atoms with E-state index in [0.29, 0.717) is 23.8 Å². The van der Waals surface area contributed by atoms with Gasteiger partial charge in [0.05, 0.1) is 0 Å². The van der Waals surface area contributed by atoms with Gasteiger partial charge in [0.25, 0.3) is 5.91 Å². The SMILES string of the molecule is O=C1CCC(N2Cc3ccc(SC4CNC4)cc3C2=O)C(=O)N1. The van der Waals surface area contributed by atoms with Gasteiger partial charge >= 0.3 is 0 Å². The lowest BCUT2D eigenvalue weighted by Crippen LogP contribution is -2.52. The molecule has 0 aromatic heterocycles. The Bertz CT molecular complexity index is 702. The topological polar surface area (TPSA) is 78.5 Å². The zero-order valence-corrected chi connectivity index (χ0v) is 13.3. The fraction of sp³-hybridized carbons (Fsp3) is 0.438. The standard InChI is InChI=1S/C16H17N3O3S/c20-14-4-3-13(15(21)18-14)19-8-9-1-2-10(5-12(9)16(19)22)23-11-6-17-7-11/h1-2,5,11,13,17H,3-4,6-8H2,(H,18,20,21). The van der Waals surface area contributed by atoms with Crippen molar-refractivity contribution in [3.63, 3.8) is 0 Å². The monoisotopic (exact) mass is 331 g/mol. The minimum Gasteiger partial charge on any atom is -0.322 e. The Morgan fingerprint density at radius 3 is 2.70 bits per heavy atom. The number of nitrogens with one attached hydrogen (secondary N) is 2. The molecular formula is C16H17N3O3S. The van der Waals surface area contributed by atoms with Crippen molar-refractivity contribution in [3.8, 4) is 0 Å². The molecule has 0 radical (unpaired) electrons. The van der Waals surface area contributed by atoms with Crippen molar-refractivity contribution in [1.82, 2.24) is 15.5 Å². The summed E-state index contributed by atoms with van der Waals surface area (Å²) in [7, 11) is 0. The molecule has 2 fully saturated rings. The molecule has 2 N–H and O–H groups in total. The van der Waals surface area contributed by atoms with Crippen LogP contribution in [0.5, 0.6) is 0 Å². The lowest BCUT2D eigenvalue weighted by molar-refractivity contribution is -0.136. The van der Waals surface area contributed by atoms with Gasteiger partial charge in [-0.25, -0.2) is 0 Å². The maximum atomic E-state index is 12.7. The Hall–Kier alpha value is -1.86. The summed E-state index contributed by atoms with van der Waals surface area (Å²) in [5.41, 5.74) is 1.64. The molecule has 0 saturated carbocycles. The summed E-state index contributed by atoms with van der Waals surface area (Å²) >= 11 is 1.78. The molecule has 6 nitrogen and oxygen atoms in total. The Labute approximate surface area is 138 Å². The lowest BCUT2D eigenvalue weighted by Gasteiger charge is -2.29. The molecule has 0 spiro atoms. The lowest BCUT2D eigenvalue weighted by atomic mass is 10.0. The van der Waals surface area contributed by atoms with Crippen molar-refractivity contribution in [2.75, 3.05) is 13.1 Å². The first-order valence-electron chi connectivity index (χ1n) is 7.77. The highest BCUT2D eigenvalue weighted by atomic mass is 32.2. The van der Waals surface area contributed by atoms with Crippen molar-refractivity contribution in [1.29, 1.82) is 0 Å². The highest BCUT2D eigenvalue weighted by molar-refractivity contribution is 8.00. The summed E-state index contributed by atoms with van der Waals surface area (Å²) in [6.45, 7) is 2.44. The van der Waals surface area contributed by atoms with Gasteiger partial charge < -0.3 is 10.2 Å². The first kappa shape index (κ1) is 14.7. The molecule has 23 heavy (non-hydrogen) atoms. The van der Waals surface area contributed by atoms with Gasteiger partial charge in [-0.3, -0.25) is 19.7 Å². The van der Waals surface area contributed by atoms with Gasteiger partial charge in [-0.05, 0) is 24.1 Å². The predicted octanol–water partition coefficient (Wildman–Crippen LogP) is 0.512. The second-order valence-corrected chi connectivity index (χ2v) is 7.49. The first-order chi connectivity index (χ1) is 11.1. The zero-order chi connectivity index (χ0) is 16.0. The number of carbonyl (C=O) groups is 3. The smallest absolute Gasteiger partial charge is 0.255 e. The molecule has 4 rings (SSSR count). The number of nitrogens with zero attached hydrogens (tertiary/aromatic N) is 1. The van der Waals surface area contributed by atoms with E-state index in [-0.39, 0.29) is 24.1 Å². The van der Waals surface area contributed by atoms with Crippen LogP contribution in [-0.2, 0) is 16.1 Å². The van der Waals surface area contributed by atoms with E-state index in [0.717, 1.165) is 23.5 Å². The summed E-state index contributed by atoms with van der Waals surface area (Å²) in [6.07, 6.45) is 0.687. The van der Waals surface area contributed by atoms with E-state index in [9.17, 15) is 14.4 Å². The highest BCUT2D eigenvalue weighted by Crippen LogP contribution is 2.32. The van der Waals surface area contributed by atoms with Crippen LogP contribution >= 0.6 is 11.8 Å². The maximum Gasteiger partial charge on any atom is 0.255 e. The Morgan fingerprint density at radius 2 is 2.00 bits per heavy atom. The van der Waals surface area contributed by atoms with Crippen LogP contribution in [0.2, 0.25) is 0 Å². The summed E-state index contributed by atoms with van der Waals surface area (Å²) in [5, 5.41) is 6.12. The van der Waals surface area contributed by atoms with Gasteiger partial charge in [-0.1, -0.05) is 6.07 Å². The van der Waals surface area contributed by atoms with E-state index in [2.05, 4.69) is 10.6 Å². The van der Waals surface area contributed by atoms with E-state index in [4.69, 9.17) is 0 Å². The molecule has 120 valence electrons. The van der Waals surface area contributed by atoms with Crippen LogP contribution in [0.3, 0.4) is 0 Å². The van der Waals surface area contributed by atoms with Crippen LogP contribution in [0.4, 0.5) is 0 Å². The summed E-state index contributed by atoms with van der Waals surface area (Å²) < 4.78 is 0. The third-order valence-corrected chi connectivity index (χ3v) is 5.74. The minimum absolute atomic E-state index is 0.108. The molecule has 0 bridgehead atoms. The van der Waals surface area contributed by atoms with Crippen LogP contribution < -0.4 is 10.6 Å². The van der Waals surface area contributed by atoms with Gasteiger partial charge in [0, 0.05) is 41.8 Å². The van der Waals surface area contributed by atoms with Crippen molar-refractivity contribution in [3.05, 3.63) is 29.3 Å². The quantitative estimate of drug-likeness (QED) is 0.789. The number of hydrogen-bond acceptors (Lipinski definition) is 5. The average Bonchev–Trinajstić information content (AvgIpc) is 2.80. The number of amides is 3. The molecule has 1 unspecified atom stereocenters. The van der Waals surface area contributed by atoms with E-state index in [1.807, 2.05) is 18.2 Å². The van der Waals surface area contributed by atoms with Gasteiger partial charge in [0.1, 0.15) is 6.04 Å². The van der Waals surface area contributed by atoms with Crippen LogP contribution in [0.1, 0.15) is 28.8 Å². The fourth-order valence-electron chi connectivity index (χ4n) is 3.15. The van der Waals surface area contributed by atoms with Crippen LogP contribution in [-0.4, -0.2) is 47.0 Å². The second kappa shape index (κ2) is 5.65. The zero-order valence-electron chi connectivity index (χ0n) is 12.5. The van der Waals surface area contributed by atoms with Crippen molar-refractivity contribution in [2.45, 2.75) is 35.6 Å². The third-order valence-electron chi connectivity index (χ3n) is 4.55.